The summed E-state index contributed by atoms with van der Waals surface area (Å²) in [4.78, 5) is 41.0. The van der Waals surface area contributed by atoms with Gasteiger partial charge in [-0.2, -0.15) is 4.98 Å². The van der Waals surface area contributed by atoms with Gasteiger partial charge in [-0.3, -0.25) is 10.1 Å². The molecule has 0 saturated carbocycles. The molecule has 0 bridgehead atoms. The summed E-state index contributed by atoms with van der Waals surface area (Å²) in [6.07, 6.45) is 5.65. The van der Waals surface area contributed by atoms with Gasteiger partial charge in [0.25, 0.3) is 11.8 Å². The predicted octanol–water partition coefficient (Wildman–Crippen LogP) is 7.66. The summed E-state index contributed by atoms with van der Waals surface area (Å²) < 4.78 is 25.8. The second-order valence-electron chi connectivity index (χ2n) is 12.6. The normalized spacial score (nSPS) is 16.5. The molecule has 1 aliphatic rings. The average Bonchev–Trinajstić information content (AvgIpc) is 3.50. The van der Waals surface area contributed by atoms with Crippen LogP contribution in [0.25, 0.3) is 28.4 Å². The smallest absolute Gasteiger partial charge is 0.412 e. The van der Waals surface area contributed by atoms with Crippen LogP contribution in [0.5, 0.6) is 0 Å². The molecule has 4 aromatic rings. The van der Waals surface area contributed by atoms with E-state index >= 15 is 4.39 Å². The van der Waals surface area contributed by atoms with Gasteiger partial charge in [-0.15, -0.1) is 11.6 Å². The predicted molar refractivity (Wildman–Crippen MR) is 180 cm³/mol. The standard InChI is InChI=1S/C36H34ClFN4O6/c1-35(2,3)47-34(46)39-26-11-9-23(10-12-26)32-41-30(42-48-32)27-13-8-21(18-28(27)38)19-29(33(44)45)40-31(43)25-7-5-6-24(20-25)22-14-16-36(4,37)17-15-22/h5-16,18,20,29H,17,19H2,1-4H3,(H,39,46)(H,40,43)(H,44,45). The second kappa shape index (κ2) is 13.8. The summed E-state index contributed by atoms with van der Waals surface area (Å²) in [6, 6.07) is 16.3. The number of anilines is 1. The van der Waals surface area contributed by atoms with Crippen LogP contribution in [-0.4, -0.2) is 49.7 Å². The van der Waals surface area contributed by atoms with Crippen LogP contribution in [0.3, 0.4) is 0 Å². The first-order valence-corrected chi connectivity index (χ1v) is 15.5. The Morgan fingerprint density at radius 3 is 2.48 bits per heavy atom. The monoisotopic (exact) mass is 672 g/mol. The van der Waals surface area contributed by atoms with E-state index in [1.54, 1.807) is 69.3 Å². The Kier molecular flexibility index (Phi) is 9.81. The highest BCUT2D eigenvalue weighted by atomic mass is 35.5. The lowest BCUT2D eigenvalue weighted by molar-refractivity contribution is -0.139. The van der Waals surface area contributed by atoms with Crippen LogP contribution in [0.4, 0.5) is 14.9 Å². The van der Waals surface area contributed by atoms with E-state index in [0.717, 1.165) is 11.1 Å². The Bertz CT molecular complexity index is 1910. The van der Waals surface area contributed by atoms with Gasteiger partial charge in [0.05, 0.1) is 10.4 Å². The topological polar surface area (TPSA) is 144 Å². The Balaban J connectivity index is 1.24. The summed E-state index contributed by atoms with van der Waals surface area (Å²) in [7, 11) is 0. The van der Waals surface area contributed by atoms with Crippen LogP contribution in [0.2, 0.25) is 0 Å². The number of aliphatic carboxylic acids is 1. The number of carbonyl (C=O) groups is 3. The first kappa shape index (κ1) is 34.1. The maximum Gasteiger partial charge on any atom is 0.412 e. The van der Waals surface area contributed by atoms with Gasteiger partial charge in [0.15, 0.2) is 0 Å². The summed E-state index contributed by atoms with van der Waals surface area (Å²) in [5.74, 6) is -2.41. The molecule has 3 aromatic carbocycles. The third kappa shape index (κ3) is 8.74. The maximum absolute atomic E-state index is 15.3. The Hall–Kier alpha value is -5.29. The molecule has 0 fully saturated rings. The fraction of sp³-hybridized carbons (Fsp3) is 0.250. The van der Waals surface area contributed by atoms with Crippen molar-refractivity contribution in [2.45, 2.75) is 57.1 Å². The van der Waals surface area contributed by atoms with E-state index in [9.17, 15) is 19.5 Å². The molecule has 3 N–H and O–H groups in total. The molecular formula is C36H34ClFN4O6. The van der Waals surface area contributed by atoms with Crippen LogP contribution in [0.15, 0.2) is 89.5 Å². The van der Waals surface area contributed by atoms with Gasteiger partial charge in [-0.1, -0.05) is 41.6 Å². The van der Waals surface area contributed by atoms with Crippen molar-refractivity contribution < 1.29 is 33.1 Å². The van der Waals surface area contributed by atoms with E-state index < -0.39 is 40.3 Å². The summed E-state index contributed by atoms with van der Waals surface area (Å²) in [5.41, 5.74) is 2.78. The number of alkyl halides is 1. The molecule has 12 heteroatoms. The molecule has 248 valence electrons. The van der Waals surface area contributed by atoms with Crippen molar-refractivity contribution in [3.05, 3.63) is 107 Å². The first-order valence-electron chi connectivity index (χ1n) is 15.1. The van der Waals surface area contributed by atoms with E-state index in [-0.39, 0.29) is 29.3 Å². The number of benzene rings is 3. The Morgan fingerprint density at radius 2 is 1.83 bits per heavy atom. The number of carboxylic acid groups (broad SMARTS) is 1. The number of ether oxygens (including phenoxy) is 1. The van der Waals surface area contributed by atoms with E-state index in [2.05, 4.69) is 20.8 Å². The number of carbonyl (C=O) groups excluding carboxylic acids is 2. The van der Waals surface area contributed by atoms with Gasteiger partial charge in [0.2, 0.25) is 5.82 Å². The molecule has 48 heavy (non-hydrogen) atoms. The minimum Gasteiger partial charge on any atom is -0.480 e. The molecule has 0 aliphatic heterocycles. The van der Waals surface area contributed by atoms with E-state index in [4.69, 9.17) is 20.9 Å². The first-order chi connectivity index (χ1) is 22.7. The highest BCUT2D eigenvalue weighted by Gasteiger charge is 2.24. The van der Waals surface area contributed by atoms with Gasteiger partial charge < -0.3 is 19.7 Å². The SMILES string of the molecule is CC1(Cl)C=CC(c2cccc(C(=O)NC(Cc3ccc(-c4noc(-c5ccc(NC(=O)OC(C)(C)C)cc5)n4)c(F)c3)C(=O)O)c2)=CC1. The molecule has 10 nitrogen and oxygen atoms in total. The molecule has 0 saturated heterocycles. The van der Waals surface area contributed by atoms with Crippen molar-refractivity contribution >= 4 is 40.8 Å². The number of rotatable bonds is 9. The van der Waals surface area contributed by atoms with Gasteiger partial charge in [0.1, 0.15) is 17.5 Å². The number of hydrogen-bond acceptors (Lipinski definition) is 7. The lowest BCUT2D eigenvalue weighted by Crippen LogP contribution is -2.42. The number of halogens is 2. The molecule has 5 rings (SSSR count). The van der Waals surface area contributed by atoms with Gasteiger partial charge in [-0.25, -0.2) is 14.0 Å². The van der Waals surface area contributed by atoms with Crippen molar-refractivity contribution in [1.82, 2.24) is 15.5 Å². The summed E-state index contributed by atoms with van der Waals surface area (Å²) in [6.45, 7) is 7.20. The fourth-order valence-electron chi connectivity index (χ4n) is 4.88. The van der Waals surface area contributed by atoms with Crippen molar-refractivity contribution in [2.24, 2.45) is 0 Å². The molecule has 1 aliphatic carbocycles. The molecular weight excluding hydrogens is 639 g/mol. The van der Waals surface area contributed by atoms with E-state index in [0.29, 0.717) is 23.2 Å². The fourth-order valence-corrected chi connectivity index (χ4v) is 5.02. The highest BCUT2D eigenvalue weighted by molar-refractivity contribution is 6.25. The number of aromatic nitrogens is 2. The van der Waals surface area contributed by atoms with Crippen LogP contribution in [-0.2, 0) is 16.0 Å². The third-order valence-electron chi connectivity index (χ3n) is 7.31. The van der Waals surface area contributed by atoms with Gasteiger partial charge in [0, 0.05) is 23.2 Å². The Labute approximate surface area is 281 Å². The minimum atomic E-state index is -1.32. The quantitative estimate of drug-likeness (QED) is 0.154. The second-order valence-corrected chi connectivity index (χ2v) is 13.4. The van der Waals surface area contributed by atoms with Crippen LogP contribution in [0, 0.1) is 5.82 Å². The van der Waals surface area contributed by atoms with Crippen molar-refractivity contribution in [1.29, 1.82) is 0 Å². The summed E-state index contributed by atoms with van der Waals surface area (Å²) >= 11 is 6.36. The highest BCUT2D eigenvalue weighted by Crippen LogP contribution is 2.31. The lowest BCUT2D eigenvalue weighted by Gasteiger charge is -2.20. The zero-order valence-corrected chi connectivity index (χ0v) is 27.5. The molecule has 0 radical (unpaired) electrons. The van der Waals surface area contributed by atoms with E-state index in [1.165, 1.54) is 12.1 Å². The van der Waals surface area contributed by atoms with Gasteiger partial charge in [-0.05, 0) is 99.3 Å². The van der Waals surface area contributed by atoms with Crippen LogP contribution < -0.4 is 10.6 Å². The molecule has 0 spiro atoms. The minimum absolute atomic E-state index is 0.00780. The molecule has 1 heterocycles. The number of carboxylic acids is 1. The number of allylic oxidation sites excluding steroid dienone is 4. The molecule has 1 aromatic heterocycles. The Morgan fingerprint density at radius 1 is 1.08 bits per heavy atom. The number of nitrogens with one attached hydrogen (secondary N) is 2. The van der Waals surface area contributed by atoms with Crippen LogP contribution in [0.1, 0.15) is 55.6 Å². The van der Waals surface area contributed by atoms with E-state index in [1.807, 2.05) is 31.2 Å². The molecule has 2 atom stereocenters. The molecule has 2 unspecified atom stereocenters. The number of hydrogen-bond donors (Lipinski definition) is 3. The zero-order chi connectivity index (χ0) is 34.6. The number of nitrogens with zero attached hydrogens (tertiary/aromatic N) is 2. The van der Waals surface area contributed by atoms with Crippen LogP contribution >= 0.6 is 11.6 Å². The van der Waals surface area contributed by atoms with Crippen molar-refractivity contribution in [3.8, 4) is 22.8 Å². The van der Waals surface area contributed by atoms with Crippen molar-refractivity contribution in [2.75, 3.05) is 5.32 Å². The maximum atomic E-state index is 15.3. The number of amides is 2. The van der Waals surface area contributed by atoms with Gasteiger partial charge >= 0.3 is 12.1 Å². The average molecular weight is 673 g/mol. The summed E-state index contributed by atoms with van der Waals surface area (Å²) in [5, 5.41) is 18.9. The zero-order valence-electron chi connectivity index (χ0n) is 26.7. The molecule has 2 amide bonds. The lowest BCUT2D eigenvalue weighted by atomic mass is 9.93. The van der Waals surface area contributed by atoms with Crippen molar-refractivity contribution in [3.63, 3.8) is 0 Å². The largest absolute Gasteiger partial charge is 0.480 e. The third-order valence-corrected chi connectivity index (χ3v) is 7.59.